The summed E-state index contributed by atoms with van der Waals surface area (Å²) in [5.74, 6) is 1.92. The number of amides is 1. The van der Waals surface area contributed by atoms with Gasteiger partial charge in [0.05, 0.1) is 24.2 Å². The molecule has 270 valence electrons. The SMILES string of the molecule is C=C(C)C1CCC2(C(=O)NCCN3CCOCC3)CCC(C)C3(C)CCC4C(C)(C)C(c5ccc(C(=O)O)cc5)=CCC4(C)C3CCCC12. The molecule has 4 aliphatic carbocycles. The molecule has 0 radical (unpaired) electrons. The van der Waals surface area contributed by atoms with Gasteiger partial charge in [0.15, 0.2) is 0 Å². The van der Waals surface area contributed by atoms with Crippen molar-refractivity contribution in [3.05, 3.63) is 53.6 Å². The Hall–Kier alpha value is -2.44. The average molecular weight is 673 g/mol. The van der Waals surface area contributed by atoms with E-state index in [-0.39, 0.29) is 21.7 Å². The fraction of sp³-hybridized carbons (Fsp3) is 0.721. The maximum Gasteiger partial charge on any atom is 0.335 e. The summed E-state index contributed by atoms with van der Waals surface area (Å²) in [5, 5.41) is 13.0. The molecule has 0 bridgehead atoms. The lowest BCUT2D eigenvalue weighted by Gasteiger charge is -2.64. The Morgan fingerprint density at radius 2 is 1.63 bits per heavy atom. The smallest absolute Gasteiger partial charge is 0.335 e. The quantitative estimate of drug-likeness (QED) is 0.283. The summed E-state index contributed by atoms with van der Waals surface area (Å²) >= 11 is 0. The molecule has 0 spiro atoms. The summed E-state index contributed by atoms with van der Waals surface area (Å²) in [6, 6.07) is 7.55. The zero-order valence-corrected chi connectivity index (χ0v) is 31.4. The second-order valence-electron chi connectivity index (χ2n) is 17.9. The average Bonchev–Trinajstić information content (AvgIpc) is 3.44. The van der Waals surface area contributed by atoms with Gasteiger partial charge in [0, 0.05) is 26.2 Å². The van der Waals surface area contributed by atoms with Crippen LogP contribution in [0.2, 0.25) is 0 Å². The number of carbonyl (C=O) groups excluding carboxylic acids is 1. The molecule has 8 atom stereocenters. The second-order valence-corrected chi connectivity index (χ2v) is 17.9. The molecule has 49 heavy (non-hydrogen) atoms. The molecule has 5 aliphatic rings. The maximum atomic E-state index is 14.4. The summed E-state index contributed by atoms with van der Waals surface area (Å²) in [7, 11) is 0. The number of benzene rings is 1. The molecule has 4 fully saturated rings. The van der Waals surface area contributed by atoms with Crippen molar-refractivity contribution < 1.29 is 19.4 Å². The van der Waals surface area contributed by atoms with Gasteiger partial charge in [0.1, 0.15) is 0 Å². The molecule has 1 heterocycles. The fourth-order valence-corrected chi connectivity index (χ4v) is 12.4. The van der Waals surface area contributed by atoms with E-state index in [1.807, 2.05) is 12.1 Å². The van der Waals surface area contributed by atoms with Crippen molar-refractivity contribution in [3.8, 4) is 0 Å². The molecule has 6 nitrogen and oxygen atoms in total. The molecular formula is C43H64N2O4. The topological polar surface area (TPSA) is 78.9 Å². The van der Waals surface area contributed by atoms with Gasteiger partial charge in [-0.2, -0.15) is 0 Å². The van der Waals surface area contributed by atoms with Gasteiger partial charge in [0.2, 0.25) is 5.91 Å². The van der Waals surface area contributed by atoms with Gasteiger partial charge in [-0.3, -0.25) is 9.69 Å². The molecule has 6 heteroatoms. The number of nitrogens with one attached hydrogen (secondary N) is 1. The van der Waals surface area contributed by atoms with Gasteiger partial charge in [0.25, 0.3) is 0 Å². The minimum absolute atomic E-state index is 0.0113. The highest BCUT2D eigenvalue weighted by molar-refractivity contribution is 5.88. The molecule has 6 rings (SSSR count). The summed E-state index contributed by atoms with van der Waals surface area (Å²) in [6.45, 7) is 24.4. The number of fused-ring (bicyclic) bond motifs is 4. The number of hydrogen-bond donors (Lipinski definition) is 2. The van der Waals surface area contributed by atoms with E-state index in [0.717, 1.165) is 83.5 Å². The number of carboxylic acids is 1. The zero-order valence-electron chi connectivity index (χ0n) is 31.4. The van der Waals surface area contributed by atoms with Gasteiger partial charge in [-0.25, -0.2) is 4.79 Å². The number of carboxylic acid groups (broad SMARTS) is 1. The Kier molecular flexibility index (Phi) is 10.3. The lowest BCUT2D eigenvalue weighted by atomic mass is 9.40. The number of carbonyl (C=O) groups is 2. The van der Waals surface area contributed by atoms with Crippen molar-refractivity contribution in [2.45, 2.75) is 106 Å². The molecule has 8 unspecified atom stereocenters. The molecule has 0 aromatic heterocycles. The van der Waals surface area contributed by atoms with Crippen LogP contribution in [0.5, 0.6) is 0 Å². The molecule has 1 aromatic carbocycles. The first-order valence-corrected chi connectivity index (χ1v) is 19.5. The Labute approximate surface area is 296 Å². The van der Waals surface area contributed by atoms with E-state index in [2.05, 4.69) is 64.4 Å². The largest absolute Gasteiger partial charge is 0.478 e. The van der Waals surface area contributed by atoms with Crippen molar-refractivity contribution in [2.24, 2.45) is 51.2 Å². The molecule has 1 saturated heterocycles. The van der Waals surface area contributed by atoms with Gasteiger partial charge < -0.3 is 15.2 Å². The van der Waals surface area contributed by atoms with E-state index in [9.17, 15) is 14.7 Å². The predicted molar refractivity (Wildman–Crippen MR) is 198 cm³/mol. The minimum Gasteiger partial charge on any atom is -0.478 e. The predicted octanol–water partition coefficient (Wildman–Crippen LogP) is 8.87. The third kappa shape index (κ3) is 6.47. The van der Waals surface area contributed by atoms with Crippen molar-refractivity contribution in [1.29, 1.82) is 0 Å². The van der Waals surface area contributed by atoms with E-state index in [1.165, 1.54) is 36.8 Å². The maximum absolute atomic E-state index is 14.4. The second kappa shape index (κ2) is 13.9. The number of hydrogen-bond acceptors (Lipinski definition) is 4. The van der Waals surface area contributed by atoms with E-state index in [4.69, 9.17) is 4.74 Å². The summed E-state index contributed by atoms with van der Waals surface area (Å²) in [4.78, 5) is 28.4. The molecule has 1 aliphatic heterocycles. The minimum atomic E-state index is -0.874. The van der Waals surface area contributed by atoms with Crippen LogP contribution in [0.1, 0.15) is 122 Å². The number of rotatable bonds is 7. The highest BCUT2D eigenvalue weighted by Gasteiger charge is 2.61. The number of allylic oxidation sites excluding steroid dienone is 3. The van der Waals surface area contributed by atoms with Crippen LogP contribution in [0.15, 0.2) is 42.5 Å². The monoisotopic (exact) mass is 672 g/mol. The molecule has 2 N–H and O–H groups in total. The van der Waals surface area contributed by atoms with Crippen molar-refractivity contribution in [2.75, 3.05) is 39.4 Å². The van der Waals surface area contributed by atoms with Gasteiger partial charge in [-0.05, 0) is 134 Å². The van der Waals surface area contributed by atoms with E-state index < -0.39 is 5.97 Å². The van der Waals surface area contributed by atoms with Crippen LogP contribution in [0.4, 0.5) is 0 Å². The van der Waals surface area contributed by atoms with Gasteiger partial charge >= 0.3 is 5.97 Å². The highest BCUT2D eigenvalue weighted by atomic mass is 16.5. The van der Waals surface area contributed by atoms with Gasteiger partial charge in [-0.15, -0.1) is 0 Å². The number of morpholine rings is 1. The van der Waals surface area contributed by atoms with Crippen LogP contribution >= 0.6 is 0 Å². The number of aromatic carboxylic acids is 1. The zero-order chi connectivity index (χ0) is 35.2. The molecule has 1 amide bonds. The molecular weight excluding hydrogens is 608 g/mol. The lowest BCUT2D eigenvalue weighted by molar-refractivity contribution is -0.139. The molecule has 1 aromatic rings. The van der Waals surface area contributed by atoms with E-state index in [0.29, 0.717) is 41.1 Å². The van der Waals surface area contributed by atoms with Crippen LogP contribution < -0.4 is 5.32 Å². The van der Waals surface area contributed by atoms with Crippen LogP contribution in [0, 0.1) is 51.2 Å². The van der Waals surface area contributed by atoms with E-state index >= 15 is 0 Å². The van der Waals surface area contributed by atoms with Crippen LogP contribution in [-0.4, -0.2) is 61.3 Å². The Balaban J connectivity index is 1.25. The number of nitrogens with zero attached hydrogens (tertiary/aromatic N) is 1. The van der Waals surface area contributed by atoms with Crippen LogP contribution in [0.3, 0.4) is 0 Å². The summed E-state index contributed by atoms with van der Waals surface area (Å²) in [6.07, 6.45) is 13.7. The third-order valence-corrected chi connectivity index (χ3v) is 15.3. The fourth-order valence-electron chi connectivity index (χ4n) is 12.4. The lowest BCUT2D eigenvalue weighted by Crippen LogP contribution is -2.56. The third-order valence-electron chi connectivity index (χ3n) is 15.3. The van der Waals surface area contributed by atoms with Crippen LogP contribution in [0.25, 0.3) is 5.57 Å². The summed E-state index contributed by atoms with van der Waals surface area (Å²) < 4.78 is 5.54. The first-order chi connectivity index (χ1) is 23.2. The first-order valence-electron chi connectivity index (χ1n) is 19.5. The number of ether oxygens (including phenoxy) is 1. The van der Waals surface area contributed by atoms with Crippen molar-refractivity contribution in [3.63, 3.8) is 0 Å². The standard InChI is InChI=1S/C43H64N2O4/c1-29(2)33-16-22-43(39(48)44-23-24-45-25-27-49-28-26-45)21-15-30(3)41(6)20-18-36-40(4,5)34(31-11-13-32(14-12-31)38(46)47)17-19-42(36,7)37(41)10-8-9-35(33)43/h11-14,17,30,33,35-37H,1,8-10,15-16,18-28H2,2-7H3,(H,44,48)(H,46,47). The van der Waals surface area contributed by atoms with Gasteiger partial charge in [-0.1, -0.05) is 71.4 Å². The van der Waals surface area contributed by atoms with Crippen LogP contribution in [-0.2, 0) is 9.53 Å². The normalized spacial score (nSPS) is 37.9. The Morgan fingerprint density at radius 1 is 0.939 bits per heavy atom. The molecule has 3 saturated carbocycles. The highest BCUT2D eigenvalue weighted by Crippen LogP contribution is 2.69. The van der Waals surface area contributed by atoms with Crippen molar-refractivity contribution in [1.82, 2.24) is 10.2 Å². The summed E-state index contributed by atoms with van der Waals surface area (Å²) in [5.41, 5.74) is 4.25. The van der Waals surface area contributed by atoms with Crippen molar-refractivity contribution >= 4 is 17.4 Å². The van der Waals surface area contributed by atoms with E-state index in [1.54, 1.807) is 12.1 Å². The Morgan fingerprint density at radius 3 is 2.31 bits per heavy atom. The first kappa shape index (κ1) is 36.4. The Bertz CT molecular complexity index is 1430.